The Morgan fingerprint density at radius 1 is 0.906 bits per heavy atom. The summed E-state index contributed by atoms with van der Waals surface area (Å²) in [6, 6.07) is 3.52. The Morgan fingerprint density at radius 3 is 2.09 bits per heavy atom. The third kappa shape index (κ3) is 9.91. The SMILES string of the molecule is CCCCCC(=O)OC(C)[C@H](C)OC(=O)[C@@H](N)Cc1ccc(OC(C)=O)c(OC(C)=O)c1. The number of unbranched alkanes of at least 4 members (excludes halogenated alkanes) is 2. The van der Waals surface area contributed by atoms with Gasteiger partial charge in [0, 0.05) is 20.3 Å². The Hall–Kier alpha value is -2.94. The lowest BCUT2D eigenvalue weighted by molar-refractivity contribution is -0.166. The largest absolute Gasteiger partial charge is 0.459 e. The molecule has 9 heteroatoms. The minimum atomic E-state index is -1.00. The number of carbonyl (C=O) groups excluding carboxylic acids is 4. The molecule has 0 bridgehead atoms. The maximum Gasteiger partial charge on any atom is 0.323 e. The Kier molecular flexibility index (Phi) is 11.4. The second kappa shape index (κ2) is 13.5. The number of benzene rings is 1. The smallest absolute Gasteiger partial charge is 0.323 e. The van der Waals surface area contributed by atoms with Gasteiger partial charge in [-0.05, 0) is 44.4 Å². The molecule has 0 aliphatic carbocycles. The molecule has 1 aromatic rings. The van der Waals surface area contributed by atoms with Gasteiger partial charge in [0.2, 0.25) is 0 Å². The van der Waals surface area contributed by atoms with Crippen LogP contribution in [0.4, 0.5) is 0 Å². The summed E-state index contributed by atoms with van der Waals surface area (Å²) in [6.07, 6.45) is 1.84. The maximum atomic E-state index is 12.4. The molecule has 3 atom stereocenters. The molecule has 0 aliphatic rings. The van der Waals surface area contributed by atoms with Crippen LogP contribution in [0.15, 0.2) is 18.2 Å². The molecular formula is C23H33NO8. The molecule has 32 heavy (non-hydrogen) atoms. The van der Waals surface area contributed by atoms with Crippen LogP contribution in [0.5, 0.6) is 11.5 Å². The van der Waals surface area contributed by atoms with E-state index in [-0.39, 0.29) is 23.9 Å². The van der Waals surface area contributed by atoms with Crippen LogP contribution in [-0.2, 0) is 35.1 Å². The first-order valence-corrected chi connectivity index (χ1v) is 10.7. The molecule has 0 aromatic heterocycles. The minimum Gasteiger partial charge on any atom is -0.459 e. The second-order valence-electron chi connectivity index (χ2n) is 7.57. The third-order valence-corrected chi connectivity index (χ3v) is 4.54. The number of carbonyl (C=O) groups is 4. The second-order valence-corrected chi connectivity index (χ2v) is 7.57. The molecule has 1 unspecified atom stereocenters. The molecule has 0 radical (unpaired) electrons. The van der Waals surface area contributed by atoms with Crippen LogP contribution < -0.4 is 15.2 Å². The quantitative estimate of drug-likeness (QED) is 0.289. The van der Waals surface area contributed by atoms with Gasteiger partial charge in [0.25, 0.3) is 0 Å². The van der Waals surface area contributed by atoms with Crippen LogP contribution in [0.25, 0.3) is 0 Å². The molecule has 0 spiro atoms. The van der Waals surface area contributed by atoms with Crippen LogP contribution in [0.2, 0.25) is 0 Å². The number of hydrogen-bond acceptors (Lipinski definition) is 9. The van der Waals surface area contributed by atoms with Crippen molar-refractivity contribution in [2.24, 2.45) is 5.73 Å². The van der Waals surface area contributed by atoms with Gasteiger partial charge in [-0.25, -0.2) is 0 Å². The van der Waals surface area contributed by atoms with Crippen molar-refractivity contribution in [3.63, 3.8) is 0 Å². The van der Waals surface area contributed by atoms with Crippen molar-refractivity contribution in [3.8, 4) is 11.5 Å². The zero-order valence-electron chi connectivity index (χ0n) is 19.3. The summed E-state index contributed by atoms with van der Waals surface area (Å²) in [6.45, 7) is 7.76. The summed E-state index contributed by atoms with van der Waals surface area (Å²) in [4.78, 5) is 46.8. The molecule has 0 saturated heterocycles. The Morgan fingerprint density at radius 2 is 1.50 bits per heavy atom. The van der Waals surface area contributed by atoms with Gasteiger partial charge in [-0.2, -0.15) is 0 Å². The van der Waals surface area contributed by atoms with E-state index in [1.165, 1.54) is 26.0 Å². The topological polar surface area (TPSA) is 131 Å². The molecule has 9 nitrogen and oxygen atoms in total. The van der Waals surface area contributed by atoms with E-state index in [1.807, 2.05) is 6.92 Å². The van der Waals surface area contributed by atoms with E-state index in [2.05, 4.69) is 0 Å². The fraction of sp³-hybridized carbons (Fsp3) is 0.565. The van der Waals surface area contributed by atoms with Crippen molar-refractivity contribution < 1.29 is 38.1 Å². The van der Waals surface area contributed by atoms with E-state index in [0.29, 0.717) is 12.0 Å². The number of hydrogen-bond donors (Lipinski definition) is 1. The summed E-state index contributed by atoms with van der Waals surface area (Å²) >= 11 is 0. The average Bonchev–Trinajstić information content (AvgIpc) is 2.69. The number of nitrogens with two attached hydrogens (primary N) is 1. The van der Waals surface area contributed by atoms with Crippen molar-refractivity contribution in [1.82, 2.24) is 0 Å². The molecule has 178 valence electrons. The molecule has 2 N–H and O–H groups in total. The van der Waals surface area contributed by atoms with Gasteiger partial charge in [0.1, 0.15) is 18.2 Å². The zero-order chi connectivity index (χ0) is 24.3. The van der Waals surface area contributed by atoms with Gasteiger partial charge in [0.15, 0.2) is 11.5 Å². The Labute approximate surface area is 188 Å². The van der Waals surface area contributed by atoms with E-state index in [1.54, 1.807) is 19.9 Å². The zero-order valence-corrected chi connectivity index (χ0v) is 19.3. The van der Waals surface area contributed by atoms with Gasteiger partial charge >= 0.3 is 23.9 Å². The average molecular weight is 452 g/mol. The van der Waals surface area contributed by atoms with Crippen molar-refractivity contribution in [2.75, 3.05) is 0 Å². The van der Waals surface area contributed by atoms with E-state index in [9.17, 15) is 19.2 Å². The van der Waals surface area contributed by atoms with E-state index in [0.717, 1.165) is 19.3 Å². The summed E-state index contributed by atoms with van der Waals surface area (Å²) in [5.41, 5.74) is 6.55. The number of ether oxygens (including phenoxy) is 4. The lowest BCUT2D eigenvalue weighted by Gasteiger charge is -2.22. The Bertz CT molecular complexity index is 807. The maximum absolute atomic E-state index is 12.4. The monoisotopic (exact) mass is 451 g/mol. The molecule has 1 aromatic carbocycles. The van der Waals surface area contributed by atoms with Crippen LogP contribution >= 0.6 is 0 Å². The molecule has 1 rings (SSSR count). The van der Waals surface area contributed by atoms with Crippen LogP contribution in [-0.4, -0.2) is 42.1 Å². The summed E-state index contributed by atoms with van der Waals surface area (Å²) in [7, 11) is 0. The third-order valence-electron chi connectivity index (χ3n) is 4.54. The Balaban J connectivity index is 2.69. The van der Waals surface area contributed by atoms with E-state index in [4.69, 9.17) is 24.7 Å². The van der Waals surface area contributed by atoms with Crippen molar-refractivity contribution in [3.05, 3.63) is 23.8 Å². The fourth-order valence-corrected chi connectivity index (χ4v) is 2.74. The molecule has 0 saturated carbocycles. The van der Waals surface area contributed by atoms with E-state index < -0.39 is 36.2 Å². The lowest BCUT2D eigenvalue weighted by atomic mass is 10.1. The van der Waals surface area contributed by atoms with Crippen molar-refractivity contribution >= 4 is 23.9 Å². The van der Waals surface area contributed by atoms with Crippen molar-refractivity contribution in [1.29, 1.82) is 0 Å². The minimum absolute atomic E-state index is 0.0442. The summed E-state index contributed by atoms with van der Waals surface area (Å²) in [5, 5.41) is 0. The molecule has 0 heterocycles. The normalized spacial score (nSPS) is 13.4. The van der Waals surface area contributed by atoms with Crippen LogP contribution in [0.3, 0.4) is 0 Å². The molecule has 0 aliphatic heterocycles. The first kappa shape index (κ1) is 27.1. The van der Waals surface area contributed by atoms with Crippen LogP contribution in [0.1, 0.15) is 65.9 Å². The summed E-state index contributed by atoms with van der Waals surface area (Å²) in [5.74, 6) is -2.03. The van der Waals surface area contributed by atoms with Crippen LogP contribution in [0, 0.1) is 0 Å². The lowest BCUT2D eigenvalue weighted by Crippen LogP contribution is -2.39. The van der Waals surface area contributed by atoms with E-state index >= 15 is 0 Å². The number of rotatable bonds is 12. The molecular weight excluding hydrogens is 418 g/mol. The fourth-order valence-electron chi connectivity index (χ4n) is 2.74. The summed E-state index contributed by atoms with van der Waals surface area (Å²) < 4.78 is 20.7. The predicted octanol–water partition coefficient (Wildman–Crippen LogP) is 2.85. The van der Waals surface area contributed by atoms with Gasteiger partial charge < -0.3 is 24.7 Å². The standard InChI is InChI=1S/C23H33NO8/c1-6-7-8-9-22(27)29-14(2)15(3)30-23(28)19(24)12-18-10-11-20(31-16(4)25)21(13-18)32-17(5)26/h10-11,13-15,19H,6-9,12,24H2,1-5H3/t14?,15-,19-/m0/s1. The molecule has 0 fully saturated rings. The van der Waals surface area contributed by atoms with Crippen molar-refractivity contribution in [2.45, 2.75) is 85.0 Å². The molecule has 0 amide bonds. The van der Waals surface area contributed by atoms with Gasteiger partial charge in [-0.3, -0.25) is 19.2 Å². The first-order chi connectivity index (χ1) is 15.0. The highest BCUT2D eigenvalue weighted by atomic mass is 16.6. The van der Waals surface area contributed by atoms with Gasteiger partial charge in [-0.1, -0.05) is 25.8 Å². The van der Waals surface area contributed by atoms with Gasteiger partial charge in [-0.15, -0.1) is 0 Å². The van der Waals surface area contributed by atoms with Gasteiger partial charge in [0.05, 0.1) is 0 Å². The predicted molar refractivity (Wildman–Crippen MR) is 116 cm³/mol. The highest BCUT2D eigenvalue weighted by molar-refractivity contribution is 5.77. The first-order valence-electron chi connectivity index (χ1n) is 10.7. The number of esters is 4. The highest BCUT2D eigenvalue weighted by Gasteiger charge is 2.24. The highest BCUT2D eigenvalue weighted by Crippen LogP contribution is 2.29.